The highest BCUT2D eigenvalue weighted by Gasteiger charge is 2.31. The van der Waals surface area contributed by atoms with Gasteiger partial charge in [0.25, 0.3) is 5.91 Å². The first-order chi connectivity index (χ1) is 15.9. The zero-order chi connectivity index (χ0) is 23.8. The predicted molar refractivity (Wildman–Crippen MR) is 141 cm³/mol. The second-order valence-electron chi connectivity index (χ2n) is 7.32. The van der Waals surface area contributed by atoms with Gasteiger partial charge >= 0.3 is 0 Å². The summed E-state index contributed by atoms with van der Waals surface area (Å²) in [6, 6.07) is 13.0. The van der Waals surface area contributed by atoms with Gasteiger partial charge in [-0.1, -0.05) is 58.5 Å². The molecule has 0 unspecified atom stereocenters. The molecule has 1 heterocycles. The first-order valence-corrected chi connectivity index (χ1v) is 12.5. The number of methoxy groups -OCH3 is 2. The van der Waals surface area contributed by atoms with Gasteiger partial charge in [0.05, 0.1) is 19.1 Å². The Morgan fingerprint density at radius 2 is 1.91 bits per heavy atom. The molecule has 3 rings (SSSR count). The van der Waals surface area contributed by atoms with E-state index in [9.17, 15) is 9.59 Å². The number of anilines is 1. The Morgan fingerprint density at radius 3 is 2.64 bits per heavy atom. The molecule has 1 N–H and O–H groups in total. The second-order valence-corrected chi connectivity index (χ2v) is 9.91. The molecule has 0 saturated carbocycles. The van der Waals surface area contributed by atoms with Crippen molar-refractivity contribution in [3.05, 3.63) is 57.4 Å². The minimum Gasteiger partial charge on any atom is -0.493 e. The first kappa shape index (κ1) is 25.3. The van der Waals surface area contributed by atoms with E-state index in [4.69, 9.17) is 21.7 Å². The summed E-state index contributed by atoms with van der Waals surface area (Å²) in [5.74, 6) is 1.13. The summed E-state index contributed by atoms with van der Waals surface area (Å²) in [6.07, 6.45) is 4.60. The van der Waals surface area contributed by atoms with Gasteiger partial charge in [-0.3, -0.25) is 14.5 Å². The summed E-state index contributed by atoms with van der Waals surface area (Å²) in [5.41, 5.74) is 1.61. The number of rotatable bonds is 10. The number of carbonyl (C=O) groups excluding carboxylic acids is 2. The van der Waals surface area contributed by atoms with Crippen molar-refractivity contribution in [1.29, 1.82) is 0 Å². The third-order valence-corrected chi connectivity index (χ3v) is 6.84. The van der Waals surface area contributed by atoms with Gasteiger partial charge in [0.2, 0.25) is 5.91 Å². The maximum atomic E-state index is 12.8. The van der Waals surface area contributed by atoms with Gasteiger partial charge < -0.3 is 14.8 Å². The molecule has 1 saturated heterocycles. The van der Waals surface area contributed by atoms with E-state index in [0.717, 1.165) is 35.0 Å². The van der Waals surface area contributed by atoms with Crippen molar-refractivity contribution in [1.82, 2.24) is 4.90 Å². The molecule has 1 fully saturated rings. The van der Waals surface area contributed by atoms with Gasteiger partial charge in [-0.15, -0.1) is 0 Å². The van der Waals surface area contributed by atoms with E-state index in [2.05, 4.69) is 21.2 Å². The monoisotopic (exact) mass is 548 g/mol. The number of nitrogens with one attached hydrogen (secondary N) is 1. The summed E-state index contributed by atoms with van der Waals surface area (Å²) in [7, 11) is 3.16. The average Bonchev–Trinajstić information content (AvgIpc) is 3.05. The van der Waals surface area contributed by atoms with Crippen molar-refractivity contribution >= 4 is 67.8 Å². The normalized spacial score (nSPS) is 14.6. The van der Waals surface area contributed by atoms with Crippen molar-refractivity contribution in [3.8, 4) is 11.5 Å². The topological polar surface area (TPSA) is 67.9 Å². The molecule has 0 aliphatic carbocycles. The number of halogens is 1. The molecule has 0 atom stereocenters. The highest BCUT2D eigenvalue weighted by molar-refractivity contribution is 9.10. The van der Waals surface area contributed by atoms with Crippen LogP contribution >= 0.6 is 39.9 Å². The van der Waals surface area contributed by atoms with Crippen molar-refractivity contribution in [2.75, 3.05) is 26.1 Å². The van der Waals surface area contributed by atoms with Gasteiger partial charge in [0.15, 0.2) is 11.5 Å². The van der Waals surface area contributed by atoms with Crippen LogP contribution in [0.3, 0.4) is 0 Å². The minimum atomic E-state index is -0.0906. The Kier molecular flexibility index (Phi) is 9.34. The van der Waals surface area contributed by atoms with Crippen LogP contribution in [0.1, 0.15) is 31.2 Å². The van der Waals surface area contributed by atoms with Crippen LogP contribution in [0.4, 0.5) is 5.69 Å². The van der Waals surface area contributed by atoms with Crippen LogP contribution in [0.15, 0.2) is 51.8 Å². The lowest BCUT2D eigenvalue weighted by Gasteiger charge is -2.14. The summed E-state index contributed by atoms with van der Waals surface area (Å²) >= 11 is 10.1. The van der Waals surface area contributed by atoms with E-state index in [0.29, 0.717) is 33.7 Å². The minimum absolute atomic E-state index is 0.0171. The smallest absolute Gasteiger partial charge is 0.266 e. The Bertz CT molecular complexity index is 1070. The van der Waals surface area contributed by atoms with E-state index >= 15 is 0 Å². The highest BCUT2D eigenvalue weighted by atomic mass is 79.9. The largest absolute Gasteiger partial charge is 0.493 e. The number of thioether (sulfide) groups is 1. The molecule has 2 amide bonds. The lowest BCUT2D eigenvalue weighted by Crippen LogP contribution is -2.29. The maximum absolute atomic E-state index is 12.8. The molecule has 1 aliphatic heterocycles. The van der Waals surface area contributed by atoms with E-state index in [1.54, 1.807) is 25.2 Å². The standard InChI is InChI=1S/C24H25BrN2O4S2/c1-30-19-11-10-16(13-20(19)31-2)14-21-23(29)27(24(32)33-21)12-5-3-4-9-22(28)26-18-8-6-7-17(25)15-18/h6-8,10-11,13-15H,3-5,9,12H2,1-2H3,(H,26,28)/b21-14-. The number of nitrogens with zero attached hydrogens (tertiary/aromatic N) is 1. The molecule has 0 bridgehead atoms. The van der Waals surface area contributed by atoms with Crippen LogP contribution in [0.25, 0.3) is 6.08 Å². The third-order valence-electron chi connectivity index (χ3n) is 4.97. The summed E-state index contributed by atoms with van der Waals surface area (Å²) in [6.45, 7) is 0.543. The molecule has 0 aromatic heterocycles. The van der Waals surface area contributed by atoms with Crippen molar-refractivity contribution in [2.24, 2.45) is 0 Å². The number of benzene rings is 2. The average molecular weight is 550 g/mol. The van der Waals surface area contributed by atoms with Crippen LogP contribution in [0.5, 0.6) is 11.5 Å². The molecule has 0 spiro atoms. The quantitative estimate of drug-likeness (QED) is 0.227. The fraction of sp³-hybridized carbons (Fsp3) is 0.292. The van der Waals surface area contributed by atoms with Crippen molar-refractivity contribution < 1.29 is 19.1 Å². The Hall–Kier alpha value is -2.36. The number of unbranched alkanes of at least 4 members (excludes halogenated alkanes) is 2. The van der Waals surface area contributed by atoms with Crippen LogP contribution < -0.4 is 14.8 Å². The number of hydrogen-bond acceptors (Lipinski definition) is 6. The molecule has 2 aromatic carbocycles. The Balaban J connectivity index is 1.46. The highest BCUT2D eigenvalue weighted by Crippen LogP contribution is 2.34. The van der Waals surface area contributed by atoms with Gasteiger partial charge in [-0.05, 0) is 54.8 Å². The van der Waals surface area contributed by atoms with Crippen molar-refractivity contribution in [2.45, 2.75) is 25.7 Å². The van der Waals surface area contributed by atoms with Gasteiger partial charge in [-0.2, -0.15) is 0 Å². The summed E-state index contributed by atoms with van der Waals surface area (Å²) in [4.78, 5) is 27.2. The fourth-order valence-electron chi connectivity index (χ4n) is 3.31. The Labute approximate surface area is 211 Å². The number of hydrogen-bond donors (Lipinski definition) is 1. The molecular formula is C24H25BrN2O4S2. The van der Waals surface area contributed by atoms with Crippen LogP contribution in [-0.4, -0.2) is 41.8 Å². The zero-order valence-electron chi connectivity index (χ0n) is 18.4. The molecule has 6 nitrogen and oxygen atoms in total. The Morgan fingerprint density at radius 1 is 1.12 bits per heavy atom. The van der Waals surface area contributed by atoms with E-state index in [1.807, 2.05) is 42.5 Å². The lowest BCUT2D eigenvalue weighted by atomic mass is 10.1. The SMILES string of the molecule is COc1ccc(/C=C2\SC(=S)N(CCCCCC(=O)Nc3cccc(Br)c3)C2=O)cc1OC. The number of ether oxygens (including phenoxy) is 2. The number of thiocarbonyl (C=S) groups is 1. The zero-order valence-corrected chi connectivity index (χ0v) is 21.6. The second kappa shape index (κ2) is 12.2. The van der Waals surface area contributed by atoms with Crippen LogP contribution in [0, 0.1) is 0 Å². The summed E-state index contributed by atoms with van der Waals surface area (Å²) < 4.78 is 12.1. The number of amides is 2. The molecule has 33 heavy (non-hydrogen) atoms. The summed E-state index contributed by atoms with van der Waals surface area (Å²) in [5, 5.41) is 2.89. The number of carbonyl (C=O) groups is 2. The lowest BCUT2D eigenvalue weighted by molar-refractivity contribution is -0.122. The van der Waals surface area contributed by atoms with Crippen LogP contribution in [0.2, 0.25) is 0 Å². The van der Waals surface area contributed by atoms with Gasteiger partial charge in [-0.25, -0.2) is 0 Å². The van der Waals surface area contributed by atoms with E-state index in [-0.39, 0.29) is 11.8 Å². The molecular weight excluding hydrogens is 524 g/mol. The molecule has 9 heteroatoms. The molecule has 2 aromatic rings. The van der Waals surface area contributed by atoms with E-state index < -0.39 is 0 Å². The third kappa shape index (κ3) is 7.06. The molecule has 174 valence electrons. The fourth-order valence-corrected chi connectivity index (χ4v) is 5.02. The first-order valence-electron chi connectivity index (χ1n) is 10.4. The van der Waals surface area contributed by atoms with Gasteiger partial charge in [0, 0.05) is 23.1 Å². The van der Waals surface area contributed by atoms with Gasteiger partial charge in [0.1, 0.15) is 4.32 Å². The predicted octanol–water partition coefficient (Wildman–Crippen LogP) is 5.87. The van der Waals surface area contributed by atoms with Crippen LogP contribution in [-0.2, 0) is 9.59 Å². The molecule has 1 aliphatic rings. The van der Waals surface area contributed by atoms with Crippen molar-refractivity contribution in [3.63, 3.8) is 0 Å². The maximum Gasteiger partial charge on any atom is 0.266 e. The van der Waals surface area contributed by atoms with E-state index in [1.165, 1.54) is 11.8 Å². The molecule has 0 radical (unpaired) electrons.